The maximum atomic E-state index is 12.9. The van der Waals surface area contributed by atoms with Gasteiger partial charge in [-0.1, -0.05) is 42.5 Å². The lowest BCUT2D eigenvalue weighted by molar-refractivity contribution is -0.146. The van der Waals surface area contributed by atoms with Crippen molar-refractivity contribution in [2.24, 2.45) is 5.92 Å². The number of esters is 1. The van der Waals surface area contributed by atoms with Crippen LogP contribution in [0.15, 0.2) is 55.6 Å². The van der Waals surface area contributed by atoms with E-state index in [9.17, 15) is 14.4 Å². The van der Waals surface area contributed by atoms with E-state index in [1.165, 1.54) is 0 Å². The first-order valence-electron chi connectivity index (χ1n) is 11.6. The van der Waals surface area contributed by atoms with Crippen LogP contribution in [-0.2, 0) is 30.5 Å². The average Bonchev–Trinajstić information content (AvgIpc) is 2.82. The van der Waals surface area contributed by atoms with Gasteiger partial charge in [0, 0.05) is 18.9 Å². The molecule has 0 aliphatic rings. The summed E-state index contributed by atoms with van der Waals surface area (Å²) in [5, 5.41) is 14.6. The van der Waals surface area contributed by atoms with Gasteiger partial charge in [0.05, 0.1) is 31.8 Å². The molecule has 3 atom stereocenters. The largest absolute Gasteiger partial charge is 0.463 e. The van der Waals surface area contributed by atoms with E-state index in [0.717, 1.165) is 12.0 Å². The number of hydrogen-bond acceptors (Lipinski definition) is 6. The van der Waals surface area contributed by atoms with Gasteiger partial charge in [0.1, 0.15) is 6.61 Å². The number of carbonyl (C=O) groups excluding carboxylic acids is 3. The molecule has 1 aromatic carbocycles. The molecule has 0 bridgehead atoms. The fraction of sp³-hybridized carbons (Fsp3) is 0.500. The molecule has 0 aliphatic heterocycles. The summed E-state index contributed by atoms with van der Waals surface area (Å²) >= 11 is 0. The van der Waals surface area contributed by atoms with Crippen molar-refractivity contribution in [3.63, 3.8) is 0 Å². The van der Waals surface area contributed by atoms with Crippen molar-refractivity contribution in [3.8, 4) is 0 Å². The molecule has 3 N–H and O–H groups in total. The van der Waals surface area contributed by atoms with Crippen LogP contribution >= 0.6 is 0 Å². The predicted molar refractivity (Wildman–Crippen MR) is 131 cm³/mol. The Morgan fingerprint density at radius 3 is 2.47 bits per heavy atom. The fourth-order valence-corrected chi connectivity index (χ4v) is 3.09. The topological polar surface area (TPSA) is 114 Å². The lowest BCUT2D eigenvalue weighted by atomic mass is 9.99. The van der Waals surface area contributed by atoms with Crippen LogP contribution in [0.25, 0.3) is 0 Å². The second-order valence-electron chi connectivity index (χ2n) is 8.15. The summed E-state index contributed by atoms with van der Waals surface area (Å²) in [7, 11) is 0. The van der Waals surface area contributed by atoms with Gasteiger partial charge in [-0.3, -0.25) is 14.4 Å². The molecule has 188 valence electrons. The van der Waals surface area contributed by atoms with Crippen molar-refractivity contribution >= 4 is 17.8 Å². The molecule has 0 saturated carbocycles. The molecule has 0 saturated heterocycles. The van der Waals surface area contributed by atoms with E-state index in [1.807, 2.05) is 30.3 Å². The molecule has 0 aliphatic carbocycles. The normalized spacial score (nSPS) is 13.2. The number of ether oxygens (including phenoxy) is 2. The van der Waals surface area contributed by atoms with Crippen LogP contribution in [0.2, 0.25) is 0 Å². The molecule has 34 heavy (non-hydrogen) atoms. The Morgan fingerprint density at radius 1 is 1.09 bits per heavy atom. The van der Waals surface area contributed by atoms with E-state index in [0.29, 0.717) is 19.4 Å². The first-order chi connectivity index (χ1) is 16.4. The van der Waals surface area contributed by atoms with Gasteiger partial charge in [0.25, 0.3) is 0 Å². The Morgan fingerprint density at radius 2 is 1.82 bits per heavy atom. The molecule has 3 unspecified atom stereocenters. The van der Waals surface area contributed by atoms with E-state index in [2.05, 4.69) is 23.8 Å². The highest BCUT2D eigenvalue weighted by atomic mass is 16.5. The van der Waals surface area contributed by atoms with E-state index in [4.69, 9.17) is 14.6 Å². The summed E-state index contributed by atoms with van der Waals surface area (Å²) in [6.07, 6.45) is 5.19. The number of carbonyl (C=O) groups is 3. The van der Waals surface area contributed by atoms with Crippen LogP contribution in [0.1, 0.15) is 44.6 Å². The maximum absolute atomic E-state index is 12.9. The standard InChI is InChI=1S/C26H38N2O6/c1-4-6-8-14-25(31)34-19-23(18-33-17-21-12-9-7-10-13-21)28-26(32)22(11-5-2)15-24(30)27-20(3)16-29/h4-5,7,9-10,12-13,20,22-23,29H,1-2,6,8,11,14-19H2,3H3,(H,27,30)(H,28,32). The molecule has 0 spiro atoms. The van der Waals surface area contributed by atoms with Crippen LogP contribution in [0, 0.1) is 5.92 Å². The van der Waals surface area contributed by atoms with Gasteiger partial charge < -0.3 is 25.2 Å². The van der Waals surface area contributed by atoms with E-state index in [-0.39, 0.29) is 50.4 Å². The highest BCUT2D eigenvalue weighted by molar-refractivity contribution is 5.86. The lowest BCUT2D eigenvalue weighted by Crippen LogP contribution is -2.46. The first kappa shape index (κ1) is 29.1. The van der Waals surface area contributed by atoms with Gasteiger partial charge in [0.2, 0.25) is 11.8 Å². The molecule has 0 heterocycles. The molecular formula is C26H38N2O6. The van der Waals surface area contributed by atoms with Gasteiger partial charge in [-0.05, 0) is 31.7 Å². The summed E-state index contributed by atoms with van der Waals surface area (Å²) in [5.41, 5.74) is 0.980. The van der Waals surface area contributed by atoms with Gasteiger partial charge in [-0.15, -0.1) is 13.2 Å². The van der Waals surface area contributed by atoms with Gasteiger partial charge in [-0.2, -0.15) is 0 Å². The minimum absolute atomic E-state index is 0.0397. The smallest absolute Gasteiger partial charge is 0.305 e. The fourth-order valence-electron chi connectivity index (χ4n) is 3.09. The van der Waals surface area contributed by atoms with Crippen LogP contribution in [0.4, 0.5) is 0 Å². The summed E-state index contributed by atoms with van der Waals surface area (Å²) in [6, 6.07) is 8.61. The minimum Gasteiger partial charge on any atom is -0.463 e. The number of amides is 2. The molecule has 0 aromatic heterocycles. The number of nitrogens with one attached hydrogen (secondary N) is 2. The van der Waals surface area contributed by atoms with Crippen LogP contribution in [0.3, 0.4) is 0 Å². The third-order valence-electron chi connectivity index (χ3n) is 4.95. The Kier molecular flexibility index (Phi) is 15.0. The summed E-state index contributed by atoms with van der Waals surface area (Å²) in [4.78, 5) is 37.2. The minimum atomic E-state index is -0.650. The van der Waals surface area contributed by atoms with Crippen molar-refractivity contribution in [1.29, 1.82) is 0 Å². The third-order valence-corrected chi connectivity index (χ3v) is 4.95. The SMILES string of the molecule is C=CCCCC(=O)OCC(COCc1ccccc1)NC(=O)C(CC=C)CC(=O)NC(C)CO. The molecule has 0 radical (unpaired) electrons. The Labute approximate surface area is 202 Å². The van der Waals surface area contributed by atoms with E-state index < -0.39 is 18.0 Å². The number of aliphatic hydroxyl groups excluding tert-OH is 1. The zero-order chi connectivity index (χ0) is 25.2. The molecule has 8 nitrogen and oxygen atoms in total. The van der Waals surface area contributed by atoms with Gasteiger partial charge in [-0.25, -0.2) is 0 Å². The number of unbranched alkanes of at least 4 members (excludes halogenated alkanes) is 1. The van der Waals surface area contributed by atoms with Crippen molar-refractivity contribution in [1.82, 2.24) is 10.6 Å². The van der Waals surface area contributed by atoms with Crippen molar-refractivity contribution in [2.45, 2.75) is 57.7 Å². The number of allylic oxidation sites excluding steroid dienone is 2. The zero-order valence-corrected chi connectivity index (χ0v) is 20.0. The maximum Gasteiger partial charge on any atom is 0.305 e. The number of aliphatic hydroxyl groups is 1. The molecule has 0 fully saturated rings. The van der Waals surface area contributed by atoms with Crippen molar-refractivity contribution in [2.75, 3.05) is 19.8 Å². The zero-order valence-electron chi connectivity index (χ0n) is 20.0. The van der Waals surface area contributed by atoms with Crippen LogP contribution < -0.4 is 10.6 Å². The highest BCUT2D eigenvalue weighted by Crippen LogP contribution is 2.11. The molecule has 2 amide bonds. The quantitative estimate of drug-likeness (QED) is 0.171. The summed E-state index contributed by atoms with van der Waals surface area (Å²) < 4.78 is 11.1. The molecule has 8 heteroatoms. The number of rotatable bonds is 18. The molecule has 1 rings (SSSR count). The van der Waals surface area contributed by atoms with E-state index in [1.54, 1.807) is 19.1 Å². The monoisotopic (exact) mass is 474 g/mol. The second kappa shape index (κ2) is 17.5. The second-order valence-corrected chi connectivity index (χ2v) is 8.15. The predicted octanol–water partition coefficient (Wildman–Crippen LogP) is 2.67. The van der Waals surface area contributed by atoms with Gasteiger partial charge in [0.15, 0.2) is 0 Å². The van der Waals surface area contributed by atoms with Crippen LogP contribution in [-0.4, -0.2) is 54.8 Å². The third kappa shape index (κ3) is 12.9. The van der Waals surface area contributed by atoms with E-state index >= 15 is 0 Å². The molecule has 1 aromatic rings. The first-order valence-corrected chi connectivity index (χ1v) is 11.6. The van der Waals surface area contributed by atoms with Crippen LogP contribution in [0.5, 0.6) is 0 Å². The summed E-state index contributed by atoms with van der Waals surface area (Å²) in [6.45, 7) is 9.22. The Hall–Kier alpha value is -2.97. The van der Waals surface area contributed by atoms with Crippen molar-refractivity contribution < 1.29 is 29.0 Å². The van der Waals surface area contributed by atoms with Gasteiger partial charge >= 0.3 is 5.97 Å². The lowest BCUT2D eigenvalue weighted by Gasteiger charge is -2.22. The van der Waals surface area contributed by atoms with Crippen molar-refractivity contribution in [3.05, 3.63) is 61.2 Å². The Bertz CT molecular complexity index is 768. The average molecular weight is 475 g/mol. The number of hydrogen-bond donors (Lipinski definition) is 3. The Balaban J connectivity index is 2.72. The molecular weight excluding hydrogens is 436 g/mol. The highest BCUT2D eigenvalue weighted by Gasteiger charge is 2.24. The number of benzene rings is 1. The summed E-state index contributed by atoms with van der Waals surface area (Å²) in [5.74, 6) is -1.70.